The molecule has 1 aromatic heterocycles. The number of nitrogens with one attached hydrogen (secondary N) is 3. The highest BCUT2D eigenvalue weighted by molar-refractivity contribution is 6.37. The first kappa shape index (κ1) is 34.0. The third kappa shape index (κ3) is 5.89. The Kier molecular flexibility index (Phi) is 9.39. The van der Waals surface area contributed by atoms with Crippen molar-refractivity contribution in [1.29, 1.82) is 0 Å². The van der Waals surface area contributed by atoms with Crippen molar-refractivity contribution >= 4 is 35.3 Å². The lowest BCUT2D eigenvalue weighted by atomic mass is 9.73. The van der Waals surface area contributed by atoms with Crippen LogP contribution in [0.1, 0.15) is 108 Å². The Morgan fingerprint density at radius 1 is 0.958 bits per heavy atom. The quantitative estimate of drug-likeness (QED) is 0.248. The van der Waals surface area contributed by atoms with E-state index in [0.29, 0.717) is 24.9 Å². The predicted octanol–water partition coefficient (Wildman–Crippen LogP) is 2.40. The van der Waals surface area contributed by atoms with Crippen LogP contribution >= 0.6 is 0 Å². The molecule has 2 spiro atoms. The minimum atomic E-state index is -1.09. The molecule has 48 heavy (non-hydrogen) atoms. The number of pyridine rings is 1. The number of nitrogens with two attached hydrogens (primary N) is 1. The van der Waals surface area contributed by atoms with Gasteiger partial charge in [0.25, 0.3) is 11.8 Å². The summed E-state index contributed by atoms with van der Waals surface area (Å²) in [5.74, 6) is -3.43. The van der Waals surface area contributed by atoms with E-state index in [1.54, 1.807) is 23.2 Å². The Hall–Kier alpha value is -3.83. The predicted molar refractivity (Wildman–Crippen MR) is 176 cm³/mol. The van der Waals surface area contributed by atoms with Gasteiger partial charge < -0.3 is 26.6 Å². The fourth-order valence-corrected chi connectivity index (χ4v) is 9.79. The lowest BCUT2D eigenvalue weighted by Crippen LogP contribution is -2.56. The van der Waals surface area contributed by atoms with E-state index in [1.165, 1.54) is 6.20 Å². The number of primary amides is 1. The maximum atomic E-state index is 14.0. The van der Waals surface area contributed by atoms with Crippen LogP contribution < -0.4 is 21.7 Å². The number of hydrogen-bond acceptors (Lipinski definition) is 7. The molecule has 1 aliphatic heterocycles. The SMILES string of the molecule is CC1(C)C2(CCC2)[C@@]12C[C@@H](C(=O)NC(CC1CCC1)C(=O)C(N)=O)N(C(=O)CNC(=O)[C@@H](NC(=O)c1cccnc1)C1CCCCC1)C2. The normalized spacial score (nSPS) is 26.9. The molecule has 4 saturated carbocycles. The van der Waals surface area contributed by atoms with Crippen LogP contribution in [0.4, 0.5) is 0 Å². The molecular formula is C36H50N6O6. The third-order valence-electron chi connectivity index (χ3n) is 13.1. The Balaban J connectivity index is 1.18. The van der Waals surface area contributed by atoms with E-state index in [4.69, 9.17) is 5.73 Å². The first-order valence-electron chi connectivity index (χ1n) is 17.8. The monoisotopic (exact) mass is 662 g/mol. The summed E-state index contributed by atoms with van der Waals surface area (Å²) in [5.41, 5.74) is 5.43. The number of rotatable bonds is 12. The molecule has 5 aliphatic rings. The van der Waals surface area contributed by atoms with Crippen molar-refractivity contribution in [2.75, 3.05) is 13.1 Å². The average Bonchev–Trinajstić information content (AvgIpc) is 3.25. The Morgan fingerprint density at radius 3 is 2.25 bits per heavy atom. The molecule has 4 atom stereocenters. The maximum Gasteiger partial charge on any atom is 0.287 e. The zero-order valence-corrected chi connectivity index (χ0v) is 28.2. The summed E-state index contributed by atoms with van der Waals surface area (Å²) >= 11 is 0. The van der Waals surface area contributed by atoms with Gasteiger partial charge in [-0.3, -0.25) is 33.8 Å². The van der Waals surface area contributed by atoms with E-state index in [1.807, 2.05) is 0 Å². The molecule has 260 valence electrons. The Bertz CT molecular complexity index is 1450. The van der Waals surface area contributed by atoms with Gasteiger partial charge in [0.05, 0.1) is 18.2 Å². The Labute approximate surface area is 282 Å². The van der Waals surface area contributed by atoms with Crippen molar-refractivity contribution in [3.05, 3.63) is 30.1 Å². The largest absolute Gasteiger partial charge is 0.363 e. The summed E-state index contributed by atoms with van der Waals surface area (Å²) in [5, 5.41) is 8.52. The summed E-state index contributed by atoms with van der Waals surface area (Å²) in [4.78, 5) is 85.0. The lowest BCUT2D eigenvalue weighted by Gasteiger charge is -2.32. The van der Waals surface area contributed by atoms with Gasteiger partial charge >= 0.3 is 0 Å². The van der Waals surface area contributed by atoms with Crippen LogP contribution in [0.15, 0.2) is 24.5 Å². The van der Waals surface area contributed by atoms with E-state index in [-0.39, 0.29) is 34.6 Å². The van der Waals surface area contributed by atoms with Gasteiger partial charge in [-0.05, 0) is 73.3 Å². The van der Waals surface area contributed by atoms with Crippen LogP contribution in [0.3, 0.4) is 0 Å². The summed E-state index contributed by atoms with van der Waals surface area (Å²) in [6.45, 7) is 4.48. The minimum absolute atomic E-state index is 0.0494. The second-order valence-electron chi connectivity index (χ2n) is 15.5. The number of hydrogen-bond donors (Lipinski definition) is 4. The molecule has 0 radical (unpaired) electrons. The second-order valence-corrected chi connectivity index (χ2v) is 15.5. The molecule has 1 aromatic rings. The van der Waals surface area contributed by atoms with Gasteiger partial charge in [-0.25, -0.2) is 0 Å². The summed E-state index contributed by atoms with van der Waals surface area (Å²) in [6.07, 6.45) is 14.5. The van der Waals surface area contributed by atoms with Gasteiger partial charge in [0.2, 0.25) is 23.5 Å². The molecule has 0 aromatic carbocycles. The summed E-state index contributed by atoms with van der Waals surface area (Å²) in [6, 6.07) is 0.601. The maximum absolute atomic E-state index is 14.0. The number of Topliss-reactive ketones (excluding diaryl/α,β-unsaturated/α-hetero) is 1. The number of ketones is 1. The number of aromatic nitrogens is 1. The van der Waals surface area contributed by atoms with Gasteiger partial charge in [-0.15, -0.1) is 0 Å². The molecule has 12 heteroatoms. The standard InChI is InChI=1S/C36H50N6O6/c1-34(2)35(14-8-15-35)36(34)18-26(32(47)40-25(29(44)30(37)45)17-22-9-6-10-22)42(21-36)27(43)20-39-33(48)28(23-11-4-3-5-12-23)41-31(46)24-13-7-16-38-19-24/h7,13,16,19,22-23,25-26,28H,3-6,8-12,14-15,17-18,20-21H2,1-2H3,(H2,37,45)(H,39,48)(H,40,47)(H,41,46)/t25?,26-,28-,36+/m0/s1. The molecule has 2 heterocycles. The van der Waals surface area contributed by atoms with Crippen molar-refractivity contribution in [3.63, 3.8) is 0 Å². The van der Waals surface area contributed by atoms with E-state index in [9.17, 15) is 28.8 Å². The highest BCUT2D eigenvalue weighted by atomic mass is 16.2. The summed E-state index contributed by atoms with van der Waals surface area (Å²) < 4.78 is 0. The Morgan fingerprint density at radius 2 is 1.69 bits per heavy atom. The van der Waals surface area contributed by atoms with Crippen molar-refractivity contribution in [1.82, 2.24) is 25.8 Å². The number of carbonyl (C=O) groups excluding carboxylic acids is 6. The topological polar surface area (TPSA) is 181 Å². The fraction of sp³-hybridized carbons (Fsp3) is 0.694. The molecule has 1 saturated heterocycles. The number of fused-ring (bicyclic) bond motifs is 1. The number of carbonyl (C=O) groups is 6. The first-order valence-corrected chi connectivity index (χ1v) is 17.8. The van der Waals surface area contributed by atoms with Crippen molar-refractivity contribution < 1.29 is 28.8 Å². The minimum Gasteiger partial charge on any atom is -0.363 e. The molecule has 6 rings (SSSR count). The van der Waals surface area contributed by atoms with Crippen molar-refractivity contribution in [3.8, 4) is 0 Å². The molecule has 0 bridgehead atoms. The van der Waals surface area contributed by atoms with Crippen molar-refractivity contribution in [2.24, 2.45) is 33.8 Å². The smallest absolute Gasteiger partial charge is 0.287 e. The van der Waals surface area contributed by atoms with Gasteiger partial charge in [-0.2, -0.15) is 0 Å². The molecule has 5 fully saturated rings. The zero-order valence-electron chi connectivity index (χ0n) is 28.2. The van der Waals surface area contributed by atoms with E-state index in [0.717, 1.165) is 70.6 Å². The van der Waals surface area contributed by atoms with E-state index < -0.39 is 53.4 Å². The van der Waals surface area contributed by atoms with Gasteiger partial charge in [-0.1, -0.05) is 58.8 Å². The number of likely N-dealkylation sites (tertiary alicyclic amines) is 1. The number of nitrogens with zero attached hydrogens (tertiary/aromatic N) is 2. The van der Waals surface area contributed by atoms with Gasteiger partial charge in [0.1, 0.15) is 12.1 Å². The zero-order chi connectivity index (χ0) is 34.3. The number of amides is 5. The second kappa shape index (κ2) is 13.2. The van der Waals surface area contributed by atoms with Crippen LogP contribution in [0.25, 0.3) is 0 Å². The molecule has 5 amide bonds. The fourth-order valence-electron chi connectivity index (χ4n) is 9.79. The average molecular weight is 663 g/mol. The van der Waals surface area contributed by atoms with Gasteiger partial charge in [0.15, 0.2) is 0 Å². The third-order valence-corrected chi connectivity index (χ3v) is 13.1. The van der Waals surface area contributed by atoms with Crippen LogP contribution in [-0.4, -0.2) is 76.4 Å². The van der Waals surface area contributed by atoms with Crippen molar-refractivity contribution in [2.45, 2.75) is 115 Å². The molecule has 4 aliphatic carbocycles. The highest BCUT2D eigenvalue weighted by Crippen LogP contribution is 2.88. The summed E-state index contributed by atoms with van der Waals surface area (Å²) in [7, 11) is 0. The molecule has 1 unspecified atom stereocenters. The van der Waals surface area contributed by atoms with E-state index >= 15 is 0 Å². The van der Waals surface area contributed by atoms with E-state index in [2.05, 4.69) is 34.8 Å². The highest BCUT2D eigenvalue weighted by Gasteiger charge is 2.85. The van der Waals surface area contributed by atoms with Gasteiger partial charge in [0, 0.05) is 24.4 Å². The molecule has 12 nitrogen and oxygen atoms in total. The van der Waals surface area contributed by atoms with Crippen LogP contribution in [0.5, 0.6) is 0 Å². The van der Waals surface area contributed by atoms with Crippen LogP contribution in [0.2, 0.25) is 0 Å². The van der Waals surface area contributed by atoms with Crippen LogP contribution in [0, 0.1) is 28.1 Å². The lowest BCUT2D eigenvalue weighted by molar-refractivity contribution is -0.141. The first-order chi connectivity index (χ1) is 22.9. The molecular weight excluding hydrogens is 612 g/mol. The molecule has 5 N–H and O–H groups in total. The van der Waals surface area contributed by atoms with Crippen LogP contribution in [-0.2, 0) is 24.0 Å².